The number of aliphatic carboxylic acids is 1. The topological polar surface area (TPSA) is 75.4 Å². The normalized spacial score (nSPS) is 20.2. The van der Waals surface area contributed by atoms with Crippen LogP contribution in [0.4, 0.5) is 4.39 Å². The lowest BCUT2D eigenvalue weighted by Gasteiger charge is -2.37. The lowest BCUT2D eigenvalue weighted by molar-refractivity contribution is -0.144. The lowest BCUT2D eigenvalue weighted by Crippen LogP contribution is -2.49. The van der Waals surface area contributed by atoms with Crippen molar-refractivity contribution in [2.45, 2.75) is 39.7 Å². The number of benzene rings is 1. The van der Waals surface area contributed by atoms with Crippen LogP contribution in [-0.2, 0) is 4.79 Å². The van der Waals surface area contributed by atoms with Crippen molar-refractivity contribution < 1.29 is 19.1 Å². The Balaban J connectivity index is 1.88. The number of likely N-dealkylation sites (tertiary alicyclic amines) is 1. The van der Waals surface area contributed by atoms with Crippen LogP contribution in [0.2, 0.25) is 0 Å². The summed E-state index contributed by atoms with van der Waals surface area (Å²) in [4.78, 5) is 25.7. The molecule has 1 amide bonds. The SMILES string of the molecule is Cc1cc(C)n(-c2ccc(C(=O)N3CCC[C@@H](C(=O)O)[C@H]3C)cc2F)n1. The average Bonchev–Trinajstić information content (AvgIpc) is 2.92. The van der Waals surface area contributed by atoms with E-state index in [0.717, 1.165) is 11.4 Å². The van der Waals surface area contributed by atoms with Gasteiger partial charge in [-0.2, -0.15) is 5.10 Å². The minimum Gasteiger partial charge on any atom is -0.481 e. The van der Waals surface area contributed by atoms with Gasteiger partial charge in [-0.1, -0.05) is 0 Å². The van der Waals surface area contributed by atoms with E-state index in [0.29, 0.717) is 19.4 Å². The summed E-state index contributed by atoms with van der Waals surface area (Å²) in [6, 6.07) is 5.72. The largest absolute Gasteiger partial charge is 0.481 e. The minimum absolute atomic E-state index is 0.214. The summed E-state index contributed by atoms with van der Waals surface area (Å²) >= 11 is 0. The molecule has 1 aliphatic heterocycles. The monoisotopic (exact) mass is 359 g/mol. The zero-order chi connectivity index (χ0) is 19.0. The number of aromatic nitrogens is 2. The molecule has 0 aliphatic carbocycles. The zero-order valence-electron chi connectivity index (χ0n) is 15.1. The highest BCUT2D eigenvalue weighted by Gasteiger charge is 2.35. The van der Waals surface area contributed by atoms with E-state index in [9.17, 15) is 19.1 Å². The summed E-state index contributed by atoms with van der Waals surface area (Å²) in [5.74, 6) is -2.38. The van der Waals surface area contributed by atoms with Crippen molar-refractivity contribution in [1.29, 1.82) is 0 Å². The van der Waals surface area contributed by atoms with E-state index >= 15 is 0 Å². The fourth-order valence-corrected chi connectivity index (χ4v) is 3.61. The lowest BCUT2D eigenvalue weighted by atomic mass is 9.90. The van der Waals surface area contributed by atoms with Gasteiger partial charge in [-0.15, -0.1) is 0 Å². The van der Waals surface area contributed by atoms with E-state index in [4.69, 9.17) is 0 Å². The molecule has 1 N–H and O–H groups in total. The van der Waals surface area contributed by atoms with Gasteiger partial charge in [-0.25, -0.2) is 9.07 Å². The maximum Gasteiger partial charge on any atom is 0.308 e. The summed E-state index contributed by atoms with van der Waals surface area (Å²) in [6.07, 6.45) is 1.17. The summed E-state index contributed by atoms with van der Waals surface area (Å²) in [5.41, 5.74) is 2.08. The van der Waals surface area contributed by atoms with Gasteiger partial charge in [0.1, 0.15) is 11.5 Å². The van der Waals surface area contributed by atoms with E-state index in [1.54, 1.807) is 13.0 Å². The van der Waals surface area contributed by atoms with Crippen LogP contribution in [0.1, 0.15) is 41.5 Å². The van der Waals surface area contributed by atoms with Crippen molar-refractivity contribution >= 4 is 11.9 Å². The number of halogens is 1. The maximum absolute atomic E-state index is 14.6. The van der Waals surface area contributed by atoms with Gasteiger partial charge in [0.2, 0.25) is 0 Å². The third-order valence-electron chi connectivity index (χ3n) is 5.00. The molecule has 138 valence electrons. The molecule has 2 aromatic rings. The highest BCUT2D eigenvalue weighted by molar-refractivity contribution is 5.95. The Morgan fingerprint density at radius 3 is 2.58 bits per heavy atom. The molecule has 6 nitrogen and oxygen atoms in total. The number of carboxylic acid groups (broad SMARTS) is 1. The number of amides is 1. The van der Waals surface area contributed by atoms with Gasteiger partial charge in [0.05, 0.1) is 11.6 Å². The molecule has 2 heterocycles. The summed E-state index contributed by atoms with van der Waals surface area (Å²) < 4.78 is 16.1. The van der Waals surface area contributed by atoms with Crippen molar-refractivity contribution in [2.75, 3.05) is 6.54 Å². The van der Waals surface area contributed by atoms with Gasteiger partial charge < -0.3 is 10.0 Å². The number of piperidine rings is 1. The molecule has 1 fully saturated rings. The van der Waals surface area contributed by atoms with Crippen LogP contribution in [0.3, 0.4) is 0 Å². The number of carboxylic acids is 1. The third-order valence-corrected chi connectivity index (χ3v) is 5.00. The Hall–Kier alpha value is -2.70. The summed E-state index contributed by atoms with van der Waals surface area (Å²) in [7, 11) is 0. The molecule has 3 rings (SSSR count). The standard InChI is InChI=1S/C19H22FN3O3/c1-11-9-12(2)23(21-11)17-7-6-14(10-16(17)20)18(24)22-8-4-5-15(13(22)3)19(25)26/h6-7,9-10,13,15H,4-5,8H2,1-3H3,(H,25,26)/t13-,15-/m1/s1. The molecule has 1 aromatic carbocycles. The van der Waals surface area contributed by atoms with Crippen molar-refractivity contribution in [1.82, 2.24) is 14.7 Å². The van der Waals surface area contributed by atoms with E-state index in [-0.39, 0.29) is 17.2 Å². The van der Waals surface area contributed by atoms with Crippen LogP contribution in [0, 0.1) is 25.6 Å². The van der Waals surface area contributed by atoms with Gasteiger partial charge >= 0.3 is 5.97 Å². The minimum atomic E-state index is -0.902. The van der Waals surface area contributed by atoms with Crippen LogP contribution in [-0.4, -0.2) is 44.3 Å². The van der Waals surface area contributed by atoms with Crippen molar-refractivity contribution in [3.8, 4) is 5.69 Å². The molecule has 1 aliphatic rings. The summed E-state index contributed by atoms with van der Waals surface area (Å²) in [6.45, 7) is 5.87. The fourth-order valence-electron chi connectivity index (χ4n) is 3.61. The highest BCUT2D eigenvalue weighted by atomic mass is 19.1. The van der Waals surface area contributed by atoms with E-state index in [1.807, 2.05) is 19.9 Å². The zero-order valence-corrected chi connectivity index (χ0v) is 15.1. The second-order valence-electron chi connectivity index (χ2n) is 6.83. The number of carbonyl (C=O) groups is 2. The average molecular weight is 359 g/mol. The van der Waals surface area contributed by atoms with Gasteiger partial charge in [0.15, 0.2) is 0 Å². The second-order valence-corrected chi connectivity index (χ2v) is 6.83. The molecular formula is C19H22FN3O3. The Morgan fingerprint density at radius 1 is 1.27 bits per heavy atom. The van der Waals surface area contributed by atoms with Crippen LogP contribution in [0.15, 0.2) is 24.3 Å². The molecule has 2 atom stereocenters. The number of rotatable bonds is 3. The van der Waals surface area contributed by atoms with Crippen LogP contribution in [0.5, 0.6) is 0 Å². The van der Waals surface area contributed by atoms with Gasteiger partial charge in [-0.05, 0) is 57.9 Å². The quantitative estimate of drug-likeness (QED) is 0.914. The van der Waals surface area contributed by atoms with Crippen LogP contribution in [0.25, 0.3) is 5.69 Å². The second kappa shape index (κ2) is 6.90. The number of hydrogen-bond acceptors (Lipinski definition) is 3. The molecule has 1 aromatic heterocycles. The van der Waals surface area contributed by atoms with Crippen molar-refractivity contribution in [3.05, 3.63) is 47.0 Å². The first-order valence-corrected chi connectivity index (χ1v) is 8.66. The van der Waals surface area contributed by atoms with Gasteiger partial charge in [0, 0.05) is 23.8 Å². The third kappa shape index (κ3) is 3.21. The van der Waals surface area contributed by atoms with Gasteiger partial charge in [-0.3, -0.25) is 9.59 Å². The first-order valence-electron chi connectivity index (χ1n) is 8.66. The Labute approximate surface area is 151 Å². The molecule has 0 radical (unpaired) electrons. The summed E-state index contributed by atoms with van der Waals surface area (Å²) in [5, 5.41) is 13.6. The molecular weight excluding hydrogens is 337 g/mol. The smallest absolute Gasteiger partial charge is 0.308 e. The first-order chi connectivity index (χ1) is 12.3. The number of carbonyl (C=O) groups excluding carboxylic acids is 1. The van der Waals surface area contributed by atoms with Crippen LogP contribution >= 0.6 is 0 Å². The Kier molecular flexibility index (Phi) is 4.80. The fraction of sp³-hybridized carbons (Fsp3) is 0.421. The number of aryl methyl sites for hydroxylation is 2. The maximum atomic E-state index is 14.6. The molecule has 1 saturated heterocycles. The number of nitrogens with zero attached hydrogens (tertiary/aromatic N) is 3. The van der Waals surface area contributed by atoms with Crippen molar-refractivity contribution in [2.24, 2.45) is 5.92 Å². The molecule has 26 heavy (non-hydrogen) atoms. The highest BCUT2D eigenvalue weighted by Crippen LogP contribution is 2.26. The Bertz CT molecular complexity index is 862. The molecule has 0 spiro atoms. The number of hydrogen-bond donors (Lipinski definition) is 1. The molecule has 0 unspecified atom stereocenters. The molecule has 0 bridgehead atoms. The van der Waals surface area contributed by atoms with Gasteiger partial charge in [0.25, 0.3) is 5.91 Å². The van der Waals surface area contributed by atoms with E-state index in [1.165, 1.54) is 21.7 Å². The van der Waals surface area contributed by atoms with E-state index < -0.39 is 23.7 Å². The Morgan fingerprint density at radius 2 is 2.00 bits per heavy atom. The predicted molar refractivity (Wildman–Crippen MR) is 93.9 cm³/mol. The first kappa shape index (κ1) is 18.1. The molecule has 7 heteroatoms. The van der Waals surface area contributed by atoms with Crippen LogP contribution < -0.4 is 0 Å². The van der Waals surface area contributed by atoms with Crippen molar-refractivity contribution in [3.63, 3.8) is 0 Å². The predicted octanol–water partition coefficient (Wildman–Crippen LogP) is 2.95. The van der Waals surface area contributed by atoms with E-state index in [2.05, 4.69) is 5.10 Å². The molecule has 0 saturated carbocycles.